The summed E-state index contributed by atoms with van der Waals surface area (Å²) in [6.07, 6.45) is -2.60. The molecule has 0 radical (unpaired) electrons. The van der Waals surface area contributed by atoms with E-state index in [4.69, 9.17) is 0 Å². The van der Waals surface area contributed by atoms with E-state index in [-0.39, 0.29) is 30.6 Å². The molecule has 2 N–H and O–H groups in total. The van der Waals surface area contributed by atoms with Gasteiger partial charge in [0.2, 0.25) is 0 Å². The van der Waals surface area contributed by atoms with E-state index in [0.717, 1.165) is 6.42 Å². The largest absolute Gasteiger partial charge is 0.411 e. The van der Waals surface area contributed by atoms with Crippen molar-refractivity contribution in [2.45, 2.75) is 32.0 Å². The van der Waals surface area contributed by atoms with E-state index < -0.39 is 12.8 Å². The molecular weight excluding hydrogens is 374 g/mol. The minimum atomic E-state index is -4.24. The Morgan fingerprint density at radius 2 is 2.05 bits per heavy atom. The topological polar surface area (TPSA) is 45.7 Å². The molecule has 0 aliphatic heterocycles. The summed E-state index contributed by atoms with van der Waals surface area (Å²) in [5, 5.41) is 6.26. The molecule has 2 unspecified atom stereocenters. The molecule has 1 fully saturated rings. The highest BCUT2D eigenvalue weighted by Crippen LogP contribution is 2.28. The highest BCUT2D eigenvalue weighted by Gasteiger charge is 2.33. The van der Waals surface area contributed by atoms with Gasteiger partial charge in [-0.2, -0.15) is 13.2 Å². The lowest BCUT2D eigenvalue weighted by atomic mass is 10.4. The zero-order chi connectivity index (χ0) is 13.6. The van der Waals surface area contributed by atoms with Crippen molar-refractivity contribution in [2.24, 2.45) is 10.9 Å². The molecule has 114 valence electrons. The van der Waals surface area contributed by atoms with Crippen molar-refractivity contribution in [1.82, 2.24) is 10.6 Å². The molecule has 1 rings (SSSR count). The summed E-state index contributed by atoms with van der Waals surface area (Å²) in [4.78, 5) is 4.03. The van der Waals surface area contributed by atoms with E-state index in [9.17, 15) is 13.2 Å². The quantitative estimate of drug-likeness (QED) is 0.314. The second kappa shape index (κ2) is 8.83. The van der Waals surface area contributed by atoms with Gasteiger partial charge in [0.25, 0.3) is 0 Å². The van der Waals surface area contributed by atoms with Gasteiger partial charge in [0, 0.05) is 26.2 Å². The third kappa shape index (κ3) is 9.31. The first-order valence-electron chi connectivity index (χ1n) is 6.04. The van der Waals surface area contributed by atoms with Crippen LogP contribution in [0.25, 0.3) is 0 Å². The van der Waals surface area contributed by atoms with Crippen molar-refractivity contribution in [3.05, 3.63) is 0 Å². The summed E-state index contributed by atoms with van der Waals surface area (Å²) in [6, 6.07) is 0.470. The van der Waals surface area contributed by atoms with Crippen LogP contribution in [0.4, 0.5) is 13.2 Å². The Balaban J connectivity index is 0.00000324. The van der Waals surface area contributed by atoms with Gasteiger partial charge in [0.05, 0.1) is 0 Å². The van der Waals surface area contributed by atoms with Gasteiger partial charge in [0.1, 0.15) is 6.61 Å². The zero-order valence-corrected chi connectivity index (χ0v) is 13.4. The third-order valence-electron chi connectivity index (χ3n) is 2.68. The van der Waals surface area contributed by atoms with Crippen LogP contribution < -0.4 is 10.6 Å². The summed E-state index contributed by atoms with van der Waals surface area (Å²) in [5.41, 5.74) is 0. The Morgan fingerprint density at radius 3 is 2.53 bits per heavy atom. The van der Waals surface area contributed by atoms with Gasteiger partial charge in [-0.3, -0.25) is 4.99 Å². The smallest absolute Gasteiger partial charge is 0.372 e. The molecule has 0 aromatic heterocycles. The molecule has 0 bridgehead atoms. The molecule has 0 saturated heterocycles. The number of ether oxygens (including phenoxy) is 1. The molecule has 0 heterocycles. The fourth-order valence-corrected chi connectivity index (χ4v) is 1.46. The van der Waals surface area contributed by atoms with Crippen LogP contribution in [-0.4, -0.2) is 45.0 Å². The molecule has 2 atom stereocenters. The highest BCUT2D eigenvalue weighted by atomic mass is 127. The van der Waals surface area contributed by atoms with Crippen LogP contribution >= 0.6 is 24.0 Å². The lowest BCUT2D eigenvalue weighted by Crippen LogP contribution is -2.39. The fourth-order valence-electron chi connectivity index (χ4n) is 1.46. The normalized spacial score (nSPS) is 22.7. The average Bonchev–Trinajstić information content (AvgIpc) is 2.96. The standard InChI is InChI=1S/C11H20F3N3O.HI/c1-8-6-9(8)17-10(15-2)16-4-3-5-18-7-11(12,13)14;/h8-9H,3-7H2,1-2H3,(H2,15,16,17);1H. The minimum Gasteiger partial charge on any atom is -0.372 e. The molecule has 1 saturated carbocycles. The molecule has 0 aromatic carbocycles. The van der Waals surface area contributed by atoms with Crippen LogP contribution in [-0.2, 0) is 4.74 Å². The summed E-state index contributed by atoms with van der Waals surface area (Å²) in [6.45, 7) is 1.59. The Hall–Kier alpha value is -0.250. The third-order valence-corrected chi connectivity index (χ3v) is 2.68. The van der Waals surface area contributed by atoms with Gasteiger partial charge in [-0.05, 0) is 18.8 Å². The first-order valence-corrected chi connectivity index (χ1v) is 6.04. The van der Waals surface area contributed by atoms with E-state index in [0.29, 0.717) is 30.9 Å². The van der Waals surface area contributed by atoms with Crippen LogP contribution in [0.15, 0.2) is 4.99 Å². The first kappa shape index (κ1) is 18.8. The Morgan fingerprint density at radius 1 is 1.42 bits per heavy atom. The molecule has 1 aliphatic rings. The van der Waals surface area contributed by atoms with Gasteiger partial charge in [0.15, 0.2) is 5.96 Å². The zero-order valence-electron chi connectivity index (χ0n) is 11.1. The number of aliphatic imine (C=N–C) groups is 1. The van der Waals surface area contributed by atoms with Gasteiger partial charge < -0.3 is 15.4 Å². The maximum atomic E-state index is 11.8. The number of guanidine groups is 1. The Labute approximate surface area is 128 Å². The molecule has 8 heteroatoms. The second-order valence-corrected chi connectivity index (χ2v) is 4.48. The van der Waals surface area contributed by atoms with E-state index in [1.807, 2.05) is 0 Å². The summed E-state index contributed by atoms with van der Waals surface area (Å²) in [5.74, 6) is 1.36. The van der Waals surface area contributed by atoms with E-state index >= 15 is 0 Å². The first-order chi connectivity index (χ1) is 8.42. The fraction of sp³-hybridized carbons (Fsp3) is 0.909. The molecular formula is C11H21F3IN3O. The monoisotopic (exact) mass is 395 g/mol. The number of nitrogens with zero attached hydrogens (tertiary/aromatic N) is 1. The van der Waals surface area contributed by atoms with Crippen molar-refractivity contribution in [3.8, 4) is 0 Å². The number of hydrogen-bond donors (Lipinski definition) is 2. The Kier molecular flexibility index (Phi) is 8.71. The van der Waals surface area contributed by atoms with E-state index in [1.165, 1.54) is 0 Å². The second-order valence-electron chi connectivity index (χ2n) is 4.48. The van der Waals surface area contributed by atoms with Crippen molar-refractivity contribution < 1.29 is 17.9 Å². The summed E-state index contributed by atoms with van der Waals surface area (Å²) >= 11 is 0. The van der Waals surface area contributed by atoms with Gasteiger partial charge >= 0.3 is 6.18 Å². The van der Waals surface area contributed by atoms with Crippen molar-refractivity contribution >= 4 is 29.9 Å². The van der Waals surface area contributed by atoms with Gasteiger partial charge in [-0.25, -0.2) is 0 Å². The van der Waals surface area contributed by atoms with Crippen molar-refractivity contribution in [3.63, 3.8) is 0 Å². The number of rotatable bonds is 6. The van der Waals surface area contributed by atoms with E-state index in [1.54, 1.807) is 7.05 Å². The average molecular weight is 395 g/mol. The molecule has 0 aromatic rings. The van der Waals surface area contributed by atoms with Crippen LogP contribution in [0, 0.1) is 5.92 Å². The predicted molar refractivity (Wildman–Crippen MR) is 79.0 cm³/mol. The number of halogens is 4. The molecule has 0 amide bonds. The van der Waals surface area contributed by atoms with Crippen LogP contribution in [0.2, 0.25) is 0 Å². The van der Waals surface area contributed by atoms with Crippen LogP contribution in [0.1, 0.15) is 19.8 Å². The van der Waals surface area contributed by atoms with Crippen LogP contribution in [0.3, 0.4) is 0 Å². The maximum absolute atomic E-state index is 11.8. The Bertz CT molecular complexity index is 287. The predicted octanol–water partition coefficient (Wildman–Crippen LogP) is 2.15. The minimum absolute atomic E-state index is 0. The van der Waals surface area contributed by atoms with E-state index in [2.05, 4.69) is 27.3 Å². The molecule has 0 spiro atoms. The SMILES string of the molecule is CN=C(NCCCOCC(F)(F)F)NC1CC1C.I. The molecule has 4 nitrogen and oxygen atoms in total. The van der Waals surface area contributed by atoms with Crippen LogP contribution in [0.5, 0.6) is 0 Å². The maximum Gasteiger partial charge on any atom is 0.411 e. The van der Waals surface area contributed by atoms with Crippen molar-refractivity contribution in [2.75, 3.05) is 26.8 Å². The lowest BCUT2D eigenvalue weighted by molar-refractivity contribution is -0.173. The summed E-state index contributed by atoms with van der Waals surface area (Å²) in [7, 11) is 1.67. The summed E-state index contributed by atoms with van der Waals surface area (Å²) < 4.78 is 39.8. The number of hydrogen-bond acceptors (Lipinski definition) is 2. The molecule has 1 aliphatic carbocycles. The molecule has 19 heavy (non-hydrogen) atoms. The number of nitrogens with one attached hydrogen (secondary N) is 2. The van der Waals surface area contributed by atoms with Gasteiger partial charge in [-0.15, -0.1) is 24.0 Å². The number of alkyl halides is 3. The van der Waals surface area contributed by atoms with Crippen molar-refractivity contribution in [1.29, 1.82) is 0 Å². The van der Waals surface area contributed by atoms with Gasteiger partial charge in [-0.1, -0.05) is 6.92 Å². The highest BCUT2D eigenvalue weighted by molar-refractivity contribution is 14.0. The lowest BCUT2D eigenvalue weighted by Gasteiger charge is -2.12.